The molecule has 1 aliphatic heterocycles. The van der Waals surface area contributed by atoms with Crippen LogP contribution in [0.3, 0.4) is 0 Å². The lowest BCUT2D eigenvalue weighted by Gasteiger charge is -2.44. The number of halogens is 1. The maximum absolute atomic E-state index is 9.35. The van der Waals surface area contributed by atoms with Gasteiger partial charge in [-0.25, -0.2) is 0 Å². The van der Waals surface area contributed by atoms with E-state index >= 15 is 0 Å². The van der Waals surface area contributed by atoms with Crippen LogP contribution in [0, 0.1) is 5.41 Å². The van der Waals surface area contributed by atoms with Crippen molar-refractivity contribution >= 4 is 15.9 Å². The molecule has 0 aromatic heterocycles. The van der Waals surface area contributed by atoms with Gasteiger partial charge >= 0.3 is 0 Å². The van der Waals surface area contributed by atoms with Crippen LogP contribution < -0.4 is 5.73 Å². The Morgan fingerprint density at radius 1 is 1.40 bits per heavy atom. The van der Waals surface area contributed by atoms with E-state index in [9.17, 15) is 5.11 Å². The second-order valence-electron chi connectivity index (χ2n) is 4.04. The molecule has 82 valence electrons. The number of ether oxygens (including phenoxy) is 1. The smallest absolute Gasteiger partial charge is 0.0594 e. The third-order valence-electron chi connectivity index (χ3n) is 2.98. The molecule has 1 aromatic rings. The van der Waals surface area contributed by atoms with Gasteiger partial charge in [0.25, 0.3) is 0 Å². The predicted octanol–water partition coefficient (Wildman–Crippen LogP) is 1.46. The lowest BCUT2D eigenvalue weighted by molar-refractivity contribution is -0.150. The second-order valence-corrected chi connectivity index (χ2v) is 4.96. The van der Waals surface area contributed by atoms with Gasteiger partial charge in [-0.3, -0.25) is 0 Å². The number of benzene rings is 1. The van der Waals surface area contributed by atoms with Crippen LogP contribution in [0.5, 0.6) is 0 Å². The highest BCUT2D eigenvalue weighted by Crippen LogP contribution is 2.38. The Kier molecular flexibility index (Phi) is 3.11. The minimum atomic E-state index is -0.284. The van der Waals surface area contributed by atoms with Gasteiger partial charge in [0.15, 0.2) is 0 Å². The zero-order chi connectivity index (χ0) is 10.9. The summed E-state index contributed by atoms with van der Waals surface area (Å²) in [7, 11) is 0. The zero-order valence-corrected chi connectivity index (χ0v) is 9.90. The molecule has 0 amide bonds. The summed E-state index contributed by atoms with van der Waals surface area (Å²) < 4.78 is 6.18. The number of rotatable bonds is 3. The van der Waals surface area contributed by atoms with E-state index < -0.39 is 0 Å². The van der Waals surface area contributed by atoms with Crippen molar-refractivity contribution < 1.29 is 9.84 Å². The SMILES string of the molecule is NC(c1ccc(Br)cc1)C1(CO)COC1. The molecular weight excluding hydrogens is 258 g/mol. The van der Waals surface area contributed by atoms with Crippen LogP contribution in [-0.2, 0) is 4.74 Å². The summed E-state index contributed by atoms with van der Waals surface area (Å²) in [5.74, 6) is 0. The van der Waals surface area contributed by atoms with Gasteiger partial charge in [0.2, 0.25) is 0 Å². The van der Waals surface area contributed by atoms with E-state index in [0.29, 0.717) is 13.2 Å². The first-order chi connectivity index (χ1) is 7.18. The number of nitrogens with two attached hydrogens (primary N) is 1. The third kappa shape index (κ3) is 1.95. The summed E-state index contributed by atoms with van der Waals surface area (Å²) in [5.41, 5.74) is 6.89. The summed E-state index contributed by atoms with van der Waals surface area (Å²) in [6, 6.07) is 7.71. The second kappa shape index (κ2) is 4.22. The molecule has 1 fully saturated rings. The fourth-order valence-electron chi connectivity index (χ4n) is 1.76. The Labute approximate surface area is 97.4 Å². The van der Waals surface area contributed by atoms with E-state index in [1.165, 1.54) is 0 Å². The molecule has 1 saturated heterocycles. The van der Waals surface area contributed by atoms with Crippen LogP contribution in [0.25, 0.3) is 0 Å². The fourth-order valence-corrected chi connectivity index (χ4v) is 2.02. The molecular formula is C11H14BrNO2. The van der Waals surface area contributed by atoms with Crippen LogP contribution in [0.1, 0.15) is 11.6 Å². The quantitative estimate of drug-likeness (QED) is 0.875. The third-order valence-corrected chi connectivity index (χ3v) is 3.51. The van der Waals surface area contributed by atoms with Crippen LogP contribution in [0.2, 0.25) is 0 Å². The molecule has 1 atom stereocenters. The molecule has 0 saturated carbocycles. The van der Waals surface area contributed by atoms with Crippen LogP contribution >= 0.6 is 15.9 Å². The van der Waals surface area contributed by atoms with Crippen molar-refractivity contribution in [1.82, 2.24) is 0 Å². The number of hydrogen-bond acceptors (Lipinski definition) is 3. The van der Waals surface area contributed by atoms with E-state index in [0.717, 1.165) is 10.0 Å². The zero-order valence-electron chi connectivity index (χ0n) is 8.32. The summed E-state index contributed by atoms with van der Waals surface area (Å²) in [4.78, 5) is 0. The van der Waals surface area contributed by atoms with Gasteiger partial charge < -0.3 is 15.6 Å². The van der Waals surface area contributed by atoms with Crippen LogP contribution in [-0.4, -0.2) is 24.9 Å². The first kappa shape index (κ1) is 11.1. The minimum Gasteiger partial charge on any atom is -0.396 e. The standard InChI is InChI=1S/C11H14BrNO2/c12-9-3-1-8(2-4-9)10(13)11(5-14)6-15-7-11/h1-4,10,14H,5-7,13H2. The van der Waals surface area contributed by atoms with Crippen molar-refractivity contribution in [3.8, 4) is 0 Å². The monoisotopic (exact) mass is 271 g/mol. The summed E-state index contributed by atoms with van der Waals surface area (Å²) in [6.45, 7) is 1.16. The van der Waals surface area contributed by atoms with Gasteiger partial charge in [-0.05, 0) is 17.7 Å². The summed E-state index contributed by atoms with van der Waals surface area (Å²) in [5, 5.41) is 9.35. The molecule has 0 spiro atoms. The maximum Gasteiger partial charge on any atom is 0.0594 e. The molecule has 1 aliphatic rings. The number of aliphatic hydroxyl groups excluding tert-OH is 1. The predicted molar refractivity (Wildman–Crippen MR) is 61.4 cm³/mol. The van der Waals surface area contributed by atoms with Gasteiger partial charge in [0.1, 0.15) is 0 Å². The molecule has 0 aliphatic carbocycles. The van der Waals surface area contributed by atoms with Crippen LogP contribution in [0.4, 0.5) is 0 Å². The van der Waals surface area contributed by atoms with E-state index in [1.807, 2.05) is 24.3 Å². The number of hydrogen-bond donors (Lipinski definition) is 2. The number of aliphatic hydroxyl groups is 1. The Hall–Kier alpha value is -0.420. The van der Waals surface area contributed by atoms with Gasteiger partial charge in [-0.1, -0.05) is 28.1 Å². The van der Waals surface area contributed by atoms with E-state index in [-0.39, 0.29) is 18.1 Å². The fraction of sp³-hybridized carbons (Fsp3) is 0.455. The Bertz CT molecular complexity index is 329. The van der Waals surface area contributed by atoms with Crippen molar-refractivity contribution in [2.45, 2.75) is 6.04 Å². The first-order valence-electron chi connectivity index (χ1n) is 4.88. The highest BCUT2D eigenvalue weighted by molar-refractivity contribution is 9.10. The van der Waals surface area contributed by atoms with Gasteiger partial charge in [0, 0.05) is 10.5 Å². The molecule has 2 rings (SSSR count). The molecule has 1 heterocycles. The van der Waals surface area contributed by atoms with E-state index in [1.54, 1.807) is 0 Å². The molecule has 1 unspecified atom stereocenters. The Morgan fingerprint density at radius 3 is 2.40 bits per heavy atom. The van der Waals surface area contributed by atoms with Crippen molar-refractivity contribution in [2.24, 2.45) is 11.1 Å². The largest absolute Gasteiger partial charge is 0.396 e. The average Bonchev–Trinajstić information content (AvgIpc) is 2.18. The van der Waals surface area contributed by atoms with Gasteiger partial charge in [-0.15, -0.1) is 0 Å². The van der Waals surface area contributed by atoms with Crippen molar-refractivity contribution in [3.05, 3.63) is 34.3 Å². The molecule has 3 N–H and O–H groups in total. The molecule has 15 heavy (non-hydrogen) atoms. The van der Waals surface area contributed by atoms with Gasteiger partial charge in [-0.2, -0.15) is 0 Å². The van der Waals surface area contributed by atoms with Gasteiger partial charge in [0.05, 0.1) is 25.2 Å². The molecule has 0 bridgehead atoms. The van der Waals surface area contributed by atoms with Crippen molar-refractivity contribution in [3.63, 3.8) is 0 Å². The maximum atomic E-state index is 9.35. The average molecular weight is 272 g/mol. The summed E-state index contributed by atoms with van der Waals surface area (Å²) in [6.07, 6.45) is 0. The molecule has 0 radical (unpaired) electrons. The lowest BCUT2D eigenvalue weighted by Crippen LogP contribution is -2.52. The highest BCUT2D eigenvalue weighted by atomic mass is 79.9. The highest BCUT2D eigenvalue weighted by Gasteiger charge is 2.44. The lowest BCUT2D eigenvalue weighted by atomic mass is 9.76. The molecule has 3 nitrogen and oxygen atoms in total. The van der Waals surface area contributed by atoms with Crippen molar-refractivity contribution in [1.29, 1.82) is 0 Å². The normalized spacial score (nSPS) is 20.7. The van der Waals surface area contributed by atoms with Crippen molar-refractivity contribution in [2.75, 3.05) is 19.8 Å². The first-order valence-corrected chi connectivity index (χ1v) is 5.67. The topological polar surface area (TPSA) is 55.5 Å². The molecule has 1 aromatic carbocycles. The summed E-state index contributed by atoms with van der Waals surface area (Å²) >= 11 is 3.38. The van der Waals surface area contributed by atoms with Crippen LogP contribution in [0.15, 0.2) is 28.7 Å². The van der Waals surface area contributed by atoms with E-state index in [2.05, 4.69) is 15.9 Å². The van der Waals surface area contributed by atoms with E-state index in [4.69, 9.17) is 10.5 Å². The Balaban J connectivity index is 2.19. The Morgan fingerprint density at radius 2 is 2.00 bits per heavy atom. The molecule has 4 heteroatoms. The minimum absolute atomic E-state index is 0.0736.